The summed E-state index contributed by atoms with van der Waals surface area (Å²) in [6.45, 7) is 4.21. The molecule has 3 rings (SSSR count). The van der Waals surface area contributed by atoms with Crippen molar-refractivity contribution in [3.63, 3.8) is 0 Å². The number of para-hydroxylation sites is 1. The van der Waals surface area contributed by atoms with E-state index >= 15 is 0 Å². The molecule has 2 nitrogen and oxygen atoms in total. The third-order valence-corrected chi connectivity index (χ3v) is 4.25. The summed E-state index contributed by atoms with van der Waals surface area (Å²) in [4.78, 5) is 2.47. The molecule has 1 atom stereocenters. The molecule has 0 bridgehead atoms. The van der Waals surface area contributed by atoms with Crippen LogP contribution in [0.15, 0.2) is 48.5 Å². The van der Waals surface area contributed by atoms with Gasteiger partial charge >= 0.3 is 0 Å². The maximum Gasteiger partial charge on any atom is 0.0432 e. The number of fused-ring (bicyclic) bond motifs is 1. The van der Waals surface area contributed by atoms with Gasteiger partial charge in [-0.2, -0.15) is 0 Å². The number of anilines is 1. The van der Waals surface area contributed by atoms with E-state index in [0.29, 0.717) is 0 Å². The zero-order valence-corrected chi connectivity index (χ0v) is 12.0. The van der Waals surface area contributed by atoms with Gasteiger partial charge in [-0.25, -0.2) is 0 Å². The van der Waals surface area contributed by atoms with Gasteiger partial charge in [-0.15, -0.1) is 0 Å². The Morgan fingerprint density at radius 1 is 1.05 bits per heavy atom. The fourth-order valence-electron chi connectivity index (χ4n) is 3.01. The summed E-state index contributed by atoms with van der Waals surface area (Å²) in [6.07, 6.45) is 2.09. The number of hydrogen-bond donors (Lipinski definition) is 1. The topological polar surface area (TPSA) is 29.3 Å². The van der Waals surface area contributed by atoms with E-state index in [1.165, 1.54) is 22.4 Å². The minimum Gasteiger partial charge on any atom is -0.367 e. The number of hydrogen-bond acceptors (Lipinski definition) is 2. The third kappa shape index (κ3) is 2.44. The first-order valence-electron chi connectivity index (χ1n) is 7.46. The molecule has 0 amide bonds. The Morgan fingerprint density at radius 3 is 2.55 bits per heavy atom. The molecule has 0 fully saturated rings. The van der Waals surface area contributed by atoms with Crippen molar-refractivity contribution in [1.82, 2.24) is 0 Å². The quantitative estimate of drug-likeness (QED) is 0.918. The molecular formula is C18H22N2. The fraction of sp³-hybridized carbons (Fsp3) is 0.333. The number of nitrogens with two attached hydrogens (primary N) is 1. The van der Waals surface area contributed by atoms with Crippen LogP contribution in [-0.2, 0) is 13.0 Å². The Morgan fingerprint density at radius 2 is 1.75 bits per heavy atom. The molecule has 104 valence electrons. The molecule has 1 aliphatic heterocycles. The van der Waals surface area contributed by atoms with Gasteiger partial charge in [0.1, 0.15) is 0 Å². The van der Waals surface area contributed by atoms with Crippen molar-refractivity contribution in [2.24, 2.45) is 5.73 Å². The highest BCUT2D eigenvalue weighted by molar-refractivity contribution is 5.56. The second kappa shape index (κ2) is 5.68. The van der Waals surface area contributed by atoms with Gasteiger partial charge in [0.15, 0.2) is 0 Å². The minimum atomic E-state index is 0.128. The van der Waals surface area contributed by atoms with Crippen molar-refractivity contribution >= 4 is 5.69 Å². The first kappa shape index (κ1) is 13.2. The molecule has 2 aromatic carbocycles. The molecule has 1 aliphatic rings. The second-order valence-corrected chi connectivity index (χ2v) is 5.51. The van der Waals surface area contributed by atoms with E-state index in [2.05, 4.69) is 60.4 Å². The summed E-state index contributed by atoms with van der Waals surface area (Å²) < 4.78 is 0. The highest BCUT2D eigenvalue weighted by Gasteiger charge is 2.19. The van der Waals surface area contributed by atoms with Crippen LogP contribution in [-0.4, -0.2) is 6.54 Å². The van der Waals surface area contributed by atoms with Crippen LogP contribution in [0.3, 0.4) is 0 Å². The Labute approximate surface area is 121 Å². The largest absolute Gasteiger partial charge is 0.367 e. The maximum absolute atomic E-state index is 6.27. The molecule has 2 aromatic rings. The van der Waals surface area contributed by atoms with Crippen LogP contribution in [0.25, 0.3) is 0 Å². The van der Waals surface area contributed by atoms with Crippen molar-refractivity contribution in [2.75, 3.05) is 11.4 Å². The molecule has 2 N–H and O–H groups in total. The third-order valence-electron chi connectivity index (χ3n) is 4.25. The predicted octanol–water partition coefficient (Wildman–Crippen LogP) is 3.66. The van der Waals surface area contributed by atoms with E-state index in [4.69, 9.17) is 5.73 Å². The standard InChI is InChI=1S/C18H22N2/c1-2-17(19)16-9-5-6-10-18(16)20-12-11-14-7-3-4-8-15(14)13-20/h3-10,17H,2,11-13,19H2,1H3/t17-/m1/s1. The fourth-order valence-corrected chi connectivity index (χ4v) is 3.01. The Kier molecular flexibility index (Phi) is 3.75. The lowest BCUT2D eigenvalue weighted by atomic mass is 9.97. The summed E-state index contributed by atoms with van der Waals surface area (Å²) in [5, 5.41) is 0. The van der Waals surface area contributed by atoms with Gasteiger partial charge in [0, 0.05) is 24.8 Å². The van der Waals surface area contributed by atoms with E-state index in [1.54, 1.807) is 0 Å². The average Bonchev–Trinajstić information content (AvgIpc) is 2.53. The van der Waals surface area contributed by atoms with Crippen LogP contribution in [0.2, 0.25) is 0 Å². The monoisotopic (exact) mass is 266 g/mol. The summed E-state index contributed by atoms with van der Waals surface area (Å²) in [7, 11) is 0. The molecule has 0 unspecified atom stereocenters. The Bertz CT molecular complexity index is 591. The van der Waals surface area contributed by atoms with Gasteiger partial charge in [0.05, 0.1) is 0 Å². The smallest absolute Gasteiger partial charge is 0.0432 e. The maximum atomic E-state index is 6.27. The van der Waals surface area contributed by atoms with E-state index < -0.39 is 0 Å². The van der Waals surface area contributed by atoms with Crippen molar-refractivity contribution in [1.29, 1.82) is 0 Å². The van der Waals surface area contributed by atoms with Crippen LogP contribution < -0.4 is 10.6 Å². The lowest BCUT2D eigenvalue weighted by Crippen LogP contribution is -2.31. The van der Waals surface area contributed by atoms with Gasteiger partial charge in [-0.3, -0.25) is 0 Å². The van der Waals surface area contributed by atoms with Crippen molar-refractivity contribution in [3.8, 4) is 0 Å². The molecule has 20 heavy (non-hydrogen) atoms. The van der Waals surface area contributed by atoms with Gasteiger partial charge in [0.25, 0.3) is 0 Å². The van der Waals surface area contributed by atoms with Crippen molar-refractivity contribution < 1.29 is 0 Å². The lowest BCUT2D eigenvalue weighted by Gasteiger charge is -2.33. The molecule has 1 heterocycles. The van der Waals surface area contributed by atoms with Crippen LogP contribution in [0.5, 0.6) is 0 Å². The van der Waals surface area contributed by atoms with Gasteiger partial charge in [-0.05, 0) is 35.6 Å². The SMILES string of the molecule is CC[C@@H](N)c1ccccc1N1CCc2ccccc2C1. The zero-order chi connectivity index (χ0) is 13.9. The van der Waals surface area contributed by atoms with Crippen molar-refractivity contribution in [2.45, 2.75) is 32.4 Å². The number of benzene rings is 2. The van der Waals surface area contributed by atoms with E-state index in [-0.39, 0.29) is 6.04 Å². The molecule has 0 radical (unpaired) electrons. The number of rotatable bonds is 3. The average molecular weight is 266 g/mol. The first-order chi connectivity index (χ1) is 9.79. The lowest BCUT2D eigenvalue weighted by molar-refractivity contribution is 0.677. The predicted molar refractivity (Wildman–Crippen MR) is 84.9 cm³/mol. The number of nitrogens with zero attached hydrogens (tertiary/aromatic N) is 1. The zero-order valence-electron chi connectivity index (χ0n) is 12.0. The van der Waals surface area contributed by atoms with E-state index in [1.807, 2.05) is 0 Å². The van der Waals surface area contributed by atoms with E-state index in [9.17, 15) is 0 Å². The normalized spacial score (nSPS) is 15.8. The minimum absolute atomic E-state index is 0.128. The van der Waals surface area contributed by atoms with Crippen molar-refractivity contribution in [3.05, 3.63) is 65.2 Å². The second-order valence-electron chi connectivity index (χ2n) is 5.51. The molecule has 0 saturated heterocycles. The highest BCUT2D eigenvalue weighted by atomic mass is 15.1. The van der Waals surface area contributed by atoms with Crippen LogP contribution >= 0.6 is 0 Å². The molecule has 0 saturated carbocycles. The molecule has 0 aromatic heterocycles. The summed E-state index contributed by atoms with van der Waals surface area (Å²) >= 11 is 0. The van der Waals surface area contributed by atoms with Crippen LogP contribution in [0.1, 0.15) is 36.1 Å². The van der Waals surface area contributed by atoms with Crippen LogP contribution in [0, 0.1) is 0 Å². The van der Waals surface area contributed by atoms with Crippen LogP contribution in [0.4, 0.5) is 5.69 Å². The van der Waals surface area contributed by atoms with Gasteiger partial charge in [-0.1, -0.05) is 49.4 Å². The highest BCUT2D eigenvalue weighted by Crippen LogP contribution is 2.30. The Balaban J connectivity index is 1.92. The Hall–Kier alpha value is -1.80. The summed E-state index contributed by atoms with van der Waals surface area (Å²) in [6, 6.07) is 17.5. The molecule has 0 spiro atoms. The summed E-state index contributed by atoms with van der Waals surface area (Å²) in [5.74, 6) is 0. The van der Waals surface area contributed by atoms with Gasteiger partial charge < -0.3 is 10.6 Å². The molecular weight excluding hydrogens is 244 g/mol. The molecule has 2 heteroatoms. The molecule has 0 aliphatic carbocycles. The van der Waals surface area contributed by atoms with Gasteiger partial charge in [0.2, 0.25) is 0 Å². The van der Waals surface area contributed by atoms with E-state index in [0.717, 1.165) is 25.9 Å². The summed E-state index contributed by atoms with van der Waals surface area (Å²) in [5.41, 5.74) is 11.8. The first-order valence-corrected chi connectivity index (χ1v) is 7.46.